The van der Waals surface area contributed by atoms with Gasteiger partial charge < -0.3 is 24.4 Å². The van der Waals surface area contributed by atoms with Crippen molar-refractivity contribution in [2.45, 2.75) is 81.8 Å². The Hall–Kier alpha value is -3.71. The molecule has 0 radical (unpaired) electrons. The zero-order chi connectivity index (χ0) is 31.1. The Morgan fingerprint density at radius 2 is 1.98 bits per heavy atom. The smallest absolute Gasteiger partial charge is 0.410 e. The summed E-state index contributed by atoms with van der Waals surface area (Å²) >= 11 is 1.28. The van der Waals surface area contributed by atoms with Crippen molar-refractivity contribution in [1.29, 1.82) is 0 Å². The van der Waals surface area contributed by atoms with Gasteiger partial charge in [-0.15, -0.1) is 0 Å². The number of nitrogens with one attached hydrogen (secondary N) is 1. The fourth-order valence-electron chi connectivity index (χ4n) is 7.05. The minimum Gasteiger partial charge on any atom is -0.472 e. The topological polar surface area (TPSA) is 102 Å². The maximum atomic E-state index is 16.8. The Kier molecular flexibility index (Phi) is 6.89. The van der Waals surface area contributed by atoms with Crippen molar-refractivity contribution >= 4 is 40.7 Å². The van der Waals surface area contributed by atoms with Crippen LogP contribution in [0.3, 0.4) is 0 Å². The molecule has 13 heteroatoms. The van der Waals surface area contributed by atoms with Crippen molar-refractivity contribution in [3.05, 3.63) is 41.1 Å². The molecule has 1 N–H and O–H groups in total. The number of piperazine rings is 1. The summed E-state index contributed by atoms with van der Waals surface area (Å²) < 4.78 is 50.4. The standard InChI is InChI=1S/C31H34F2N6O4S/c1-14-25-18-10-8-16(39(18)30(40)43-31(2,3)4)13-38(25)26-21-24(36-29(37-26)44-6)22(33)23(35-28(21)42-14)20-17(32)9-7-15-11-12-34-27(41-5)19(15)20/h7,9,11-12,14,16,18,25,27,34H,8,10,13H2,1-6H3/t14-,16+,18-,25+,27?/m0/s1. The highest BCUT2D eigenvalue weighted by molar-refractivity contribution is 7.98. The van der Waals surface area contributed by atoms with Gasteiger partial charge in [-0.25, -0.2) is 28.5 Å². The number of carbonyl (C=O) groups excluding carboxylic acids is 1. The Bertz CT molecular complexity index is 1720. The minimum absolute atomic E-state index is 0.000556. The van der Waals surface area contributed by atoms with Crippen LogP contribution in [0.1, 0.15) is 57.9 Å². The molecule has 0 saturated carbocycles. The molecule has 2 saturated heterocycles. The molecule has 10 nitrogen and oxygen atoms in total. The first-order chi connectivity index (χ1) is 21.0. The first kappa shape index (κ1) is 29.0. The second-order valence-electron chi connectivity index (χ2n) is 12.5. The summed E-state index contributed by atoms with van der Waals surface area (Å²) in [5.74, 6) is -0.808. The third-order valence-corrected chi connectivity index (χ3v) is 9.28. The normalized spacial score (nSPS) is 25.2. The Labute approximate surface area is 258 Å². The number of aromatic nitrogens is 3. The number of pyridine rings is 1. The van der Waals surface area contributed by atoms with Crippen molar-refractivity contribution in [2.75, 3.05) is 24.8 Å². The van der Waals surface area contributed by atoms with Gasteiger partial charge in [0.2, 0.25) is 5.88 Å². The molecule has 2 fully saturated rings. The zero-order valence-corrected chi connectivity index (χ0v) is 26.2. The number of halogens is 2. The van der Waals surface area contributed by atoms with Crippen molar-refractivity contribution in [2.24, 2.45) is 0 Å². The van der Waals surface area contributed by atoms with E-state index >= 15 is 8.78 Å². The quantitative estimate of drug-likeness (QED) is 0.291. The number of fused-ring (bicyclic) bond motifs is 6. The van der Waals surface area contributed by atoms with Gasteiger partial charge in [-0.3, -0.25) is 4.90 Å². The van der Waals surface area contributed by atoms with Gasteiger partial charge in [0, 0.05) is 24.8 Å². The lowest BCUT2D eigenvalue weighted by molar-refractivity contribution is 0.000949. The van der Waals surface area contributed by atoms with Crippen LogP contribution in [0.4, 0.5) is 19.4 Å². The van der Waals surface area contributed by atoms with E-state index in [0.29, 0.717) is 34.0 Å². The average molecular weight is 625 g/mol. The van der Waals surface area contributed by atoms with E-state index in [1.54, 1.807) is 18.3 Å². The fourth-order valence-corrected chi connectivity index (χ4v) is 7.41. The number of nitrogens with zero attached hydrogens (tertiary/aromatic N) is 5. The summed E-state index contributed by atoms with van der Waals surface area (Å²) in [5.41, 5.74) is 0.217. The molecule has 4 aliphatic heterocycles. The van der Waals surface area contributed by atoms with Crippen LogP contribution in [0.2, 0.25) is 0 Å². The highest BCUT2D eigenvalue weighted by atomic mass is 32.2. The molecular weight excluding hydrogens is 590 g/mol. The summed E-state index contributed by atoms with van der Waals surface area (Å²) in [6.45, 7) is 7.93. The Balaban J connectivity index is 1.41. The van der Waals surface area contributed by atoms with Crippen LogP contribution >= 0.6 is 11.8 Å². The third-order valence-electron chi connectivity index (χ3n) is 8.73. The molecule has 7 rings (SSSR count). The van der Waals surface area contributed by atoms with Crippen LogP contribution in [0.5, 0.6) is 5.88 Å². The largest absolute Gasteiger partial charge is 0.472 e. The molecule has 1 aromatic carbocycles. The number of amides is 1. The van der Waals surface area contributed by atoms with E-state index in [1.807, 2.05) is 38.9 Å². The molecule has 2 bridgehead atoms. The lowest BCUT2D eigenvalue weighted by Crippen LogP contribution is -2.65. The van der Waals surface area contributed by atoms with Gasteiger partial charge in [-0.2, -0.15) is 0 Å². The van der Waals surface area contributed by atoms with Crippen LogP contribution in [0.15, 0.2) is 23.5 Å². The van der Waals surface area contributed by atoms with Crippen molar-refractivity contribution in [1.82, 2.24) is 25.2 Å². The molecule has 6 heterocycles. The van der Waals surface area contributed by atoms with Gasteiger partial charge in [0.25, 0.3) is 0 Å². The van der Waals surface area contributed by atoms with E-state index in [4.69, 9.17) is 19.2 Å². The molecule has 0 spiro atoms. The summed E-state index contributed by atoms with van der Waals surface area (Å²) in [7, 11) is 1.49. The molecule has 44 heavy (non-hydrogen) atoms. The molecule has 0 aliphatic carbocycles. The number of anilines is 1. The highest BCUT2D eigenvalue weighted by Crippen LogP contribution is 2.47. The number of thioether (sulfide) groups is 1. The van der Waals surface area contributed by atoms with Crippen molar-refractivity contribution < 1.29 is 27.8 Å². The number of hydrogen-bond donors (Lipinski definition) is 1. The maximum Gasteiger partial charge on any atom is 0.410 e. The van der Waals surface area contributed by atoms with Gasteiger partial charge >= 0.3 is 6.09 Å². The average Bonchev–Trinajstić information content (AvgIpc) is 3.23. The van der Waals surface area contributed by atoms with Crippen molar-refractivity contribution in [3.8, 4) is 17.1 Å². The van der Waals surface area contributed by atoms with E-state index < -0.39 is 29.6 Å². The number of carbonyl (C=O) groups is 1. The predicted molar refractivity (Wildman–Crippen MR) is 162 cm³/mol. The molecule has 5 atom stereocenters. The van der Waals surface area contributed by atoms with E-state index in [2.05, 4.69) is 20.2 Å². The zero-order valence-electron chi connectivity index (χ0n) is 25.4. The van der Waals surface area contributed by atoms with Crippen LogP contribution in [0, 0.1) is 11.6 Å². The van der Waals surface area contributed by atoms with Crippen molar-refractivity contribution in [3.63, 3.8) is 0 Å². The summed E-state index contributed by atoms with van der Waals surface area (Å²) in [4.78, 5) is 31.4. The summed E-state index contributed by atoms with van der Waals surface area (Å²) in [5, 5.41) is 3.74. The van der Waals surface area contributed by atoms with Gasteiger partial charge in [0.15, 0.2) is 17.2 Å². The fraction of sp³-hybridized carbons (Fsp3) is 0.484. The molecule has 4 aliphatic rings. The monoisotopic (exact) mass is 624 g/mol. The number of rotatable bonds is 3. The van der Waals surface area contributed by atoms with Gasteiger partial charge in [0.05, 0.1) is 18.1 Å². The molecular formula is C31H34F2N6O4S. The molecule has 1 unspecified atom stereocenters. The SMILES string of the molecule is COC1NC=Cc2ccc(F)c(-c3nc4c5c(nc(SC)nc5c3F)N3C[C@H]5CC[C@@H]([C@H]3[C@H](C)O4)N5C(=O)OC(C)(C)C)c21. The summed E-state index contributed by atoms with van der Waals surface area (Å²) in [6, 6.07) is 2.27. The van der Waals surface area contributed by atoms with E-state index in [0.717, 1.165) is 12.8 Å². The van der Waals surface area contributed by atoms with E-state index in [1.165, 1.54) is 24.9 Å². The summed E-state index contributed by atoms with van der Waals surface area (Å²) in [6.07, 6.45) is 5.28. The predicted octanol–water partition coefficient (Wildman–Crippen LogP) is 5.65. The van der Waals surface area contributed by atoms with Crippen LogP contribution in [-0.2, 0) is 9.47 Å². The second-order valence-corrected chi connectivity index (χ2v) is 13.3. The van der Waals surface area contributed by atoms with Gasteiger partial charge in [0.1, 0.15) is 39.9 Å². The molecule has 1 amide bonds. The van der Waals surface area contributed by atoms with Crippen LogP contribution in [0.25, 0.3) is 28.2 Å². The lowest BCUT2D eigenvalue weighted by atomic mass is 9.94. The minimum atomic E-state index is -0.774. The third kappa shape index (κ3) is 4.46. The van der Waals surface area contributed by atoms with Gasteiger partial charge in [-0.1, -0.05) is 17.8 Å². The number of ether oxygens (including phenoxy) is 3. The second kappa shape index (κ2) is 10.4. The molecule has 2 aromatic heterocycles. The Morgan fingerprint density at radius 1 is 1.18 bits per heavy atom. The molecule has 3 aromatic rings. The van der Waals surface area contributed by atoms with Crippen LogP contribution in [-0.4, -0.2) is 75.7 Å². The first-order valence-electron chi connectivity index (χ1n) is 14.7. The van der Waals surface area contributed by atoms with Crippen LogP contribution < -0.4 is 15.0 Å². The number of hydrogen-bond acceptors (Lipinski definition) is 10. The first-order valence-corrected chi connectivity index (χ1v) is 15.9. The molecule has 232 valence electrons. The number of benzene rings is 1. The number of methoxy groups -OCH3 is 1. The van der Waals surface area contributed by atoms with E-state index in [9.17, 15) is 4.79 Å². The van der Waals surface area contributed by atoms with E-state index in [-0.39, 0.29) is 46.9 Å². The highest BCUT2D eigenvalue weighted by Gasteiger charge is 2.54. The van der Waals surface area contributed by atoms with Gasteiger partial charge in [-0.05, 0) is 70.7 Å². The maximum absolute atomic E-state index is 16.8. The Morgan fingerprint density at radius 3 is 2.70 bits per heavy atom. The lowest BCUT2D eigenvalue weighted by Gasteiger charge is -2.48.